The van der Waals surface area contributed by atoms with Crippen LogP contribution >= 0.6 is 12.4 Å². The van der Waals surface area contributed by atoms with Gasteiger partial charge in [0.1, 0.15) is 5.82 Å². The Balaban J connectivity index is 0.00000372. The molecular weight excluding hydrogens is 601 g/mol. The maximum atomic E-state index is 15.7. The van der Waals surface area contributed by atoms with Crippen molar-refractivity contribution in [2.24, 2.45) is 11.7 Å². The van der Waals surface area contributed by atoms with E-state index >= 15 is 4.39 Å². The smallest absolute Gasteiger partial charge is 0.193 e. The number of benzene rings is 1. The number of nitrogens with zero attached hydrogens (tertiary/aromatic N) is 6. The molecular formula is C36H45ClFN7O. The third-order valence-corrected chi connectivity index (χ3v) is 9.97. The molecule has 4 aromatic rings. The van der Waals surface area contributed by atoms with Gasteiger partial charge in [-0.15, -0.1) is 12.4 Å². The molecule has 0 spiro atoms. The number of piperidine rings is 1. The Labute approximate surface area is 276 Å². The van der Waals surface area contributed by atoms with Crippen LogP contribution in [0.3, 0.4) is 0 Å². The van der Waals surface area contributed by atoms with E-state index in [9.17, 15) is 4.79 Å². The second-order valence-electron chi connectivity index (χ2n) is 13.4. The molecule has 46 heavy (non-hydrogen) atoms. The van der Waals surface area contributed by atoms with Gasteiger partial charge in [0.05, 0.1) is 23.1 Å². The fourth-order valence-corrected chi connectivity index (χ4v) is 7.27. The minimum atomic E-state index is -0.324. The molecule has 1 aromatic carbocycles. The molecule has 8 nitrogen and oxygen atoms in total. The van der Waals surface area contributed by atoms with Crippen molar-refractivity contribution < 1.29 is 4.39 Å². The summed E-state index contributed by atoms with van der Waals surface area (Å²) in [6.45, 7) is 9.23. The lowest BCUT2D eigenvalue weighted by atomic mass is 10.0. The van der Waals surface area contributed by atoms with Crippen LogP contribution in [0, 0.1) is 25.6 Å². The first-order chi connectivity index (χ1) is 21.9. The lowest BCUT2D eigenvalue weighted by Gasteiger charge is -2.40. The number of hydrogen-bond acceptors (Lipinski definition) is 7. The molecule has 0 bridgehead atoms. The van der Waals surface area contributed by atoms with Crippen molar-refractivity contribution in [1.82, 2.24) is 19.4 Å². The van der Waals surface area contributed by atoms with Gasteiger partial charge in [-0.05, 0) is 100 Å². The molecule has 2 atom stereocenters. The fourth-order valence-electron chi connectivity index (χ4n) is 7.27. The molecule has 10 heteroatoms. The predicted molar refractivity (Wildman–Crippen MR) is 185 cm³/mol. The highest BCUT2D eigenvalue weighted by Crippen LogP contribution is 2.39. The third kappa shape index (κ3) is 6.77. The average Bonchev–Trinajstić information content (AvgIpc) is 3.78. The van der Waals surface area contributed by atoms with Gasteiger partial charge in [0, 0.05) is 86.1 Å². The highest BCUT2D eigenvalue weighted by Gasteiger charge is 2.31. The van der Waals surface area contributed by atoms with Gasteiger partial charge in [0.25, 0.3) is 0 Å². The van der Waals surface area contributed by atoms with Crippen molar-refractivity contribution in [3.8, 4) is 0 Å². The highest BCUT2D eigenvalue weighted by atomic mass is 35.5. The first kappa shape index (κ1) is 32.4. The topological polar surface area (TPSA) is 83.5 Å². The van der Waals surface area contributed by atoms with E-state index in [-0.39, 0.29) is 29.7 Å². The van der Waals surface area contributed by atoms with Crippen LogP contribution in [0.1, 0.15) is 60.7 Å². The summed E-state index contributed by atoms with van der Waals surface area (Å²) in [7, 11) is 0. The van der Waals surface area contributed by atoms with Crippen molar-refractivity contribution in [2.75, 3.05) is 42.5 Å². The summed E-state index contributed by atoms with van der Waals surface area (Å²) in [6, 6.07) is 12.4. The fraction of sp³-hybridized carbons (Fsp3) is 0.472. The minimum Gasteiger partial charge on any atom is -0.369 e. The monoisotopic (exact) mass is 645 g/mol. The zero-order chi connectivity index (χ0) is 31.1. The summed E-state index contributed by atoms with van der Waals surface area (Å²) in [5.74, 6) is 0.0526. The zero-order valence-corrected chi connectivity index (χ0v) is 27.7. The Kier molecular flexibility index (Phi) is 9.64. The van der Waals surface area contributed by atoms with E-state index in [0.717, 1.165) is 86.4 Å². The number of fused-ring (bicyclic) bond motifs is 1. The molecule has 2 aliphatic heterocycles. The summed E-state index contributed by atoms with van der Waals surface area (Å²) in [6.07, 6.45) is 11.1. The van der Waals surface area contributed by atoms with Crippen molar-refractivity contribution in [3.63, 3.8) is 0 Å². The van der Waals surface area contributed by atoms with Gasteiger partial charge in [-0.1, -0.05) is 0 Å². The van der Waals surface area contributed by atoms with Crippen LogP contribution in [0.4, 0.5) is 15.8 Å². The van der Waals surface area contributed by atoms with Crippen LogP contribution in [0.5, 0.6) is 0 Å². The van der Waals surface area contributed by atoms with Crippen LogP contribution < -0.4 is 21.0 Å². The molecule has 0 unspecified atom stereocenters. The number of rotatable bonds is 9. The number of anilines is 2. The lowest BCUT2D eigenvalue weighted by Crippen LogP contribution is -2.48. The summed E-state index contributed by atoms with van der Waals surface area (Å²) in [5, 5.41) is 0.478. The van der Waals surface area contributed by atoms with E-state index in [1.807, 2.05) is 32.3 Å². The molecule has 0 amide bonds. The Hall–Kier alpha value is -3.53. The highest BCUT2D eigenvalue weighted by molar-refractivity contribution is 5.85. The van der Waals surface area contributed by atoms with Crippen LogP contribution in [-0.4, -0.2) is 58.2 Å². The largest absolute Gasteiger partial charge is 0.369 e. The maximum absolute atomic E-state index is 15.7. The first-order valence-electron chi connectivity index (χ1n) is 16.5. The van der Waals surface area contributed by atoms with E-state index in [4.69, 9.17) is 5.73 Å². The maximum Gasteiger partial charge on any atom is 0.193 e. The predicted octanol–water partition coefficient (Wildman–Crippen LogP) is 5.76. The van der Waals surface area contributed by atoms with E-state index in [2.05, 4.69) is 59.7 Å². The van der Waals surface area contributed by atoms with Crippen LogP contribution in [0.15, 0.2) is 59.8 Å². The van der Waals surface area contributed by atoms with Crippen molar-refractivity contribution >= 4 is 34.7 Å². The van der Waals surface area contributed by atoms with Crippen LogP contribution in [0.25, 0.3) is 10.9 Å². The standard InChI is InChI=1S/C36H44FN7O.ClH/c1-24-5-6-30(18-40-24)41-12-3-4-31(23-41)43(19-26-9-11-39-25(2)14-26)21-28-22-44(29-7-8-29)34-16-35(33(37)15-32(34)36(28)45)42-13-10-27(17-38)20-42;/h5-6,9,11,14-16,18,22,27,29,31H,3-4,7-8,10,12-13,17,19-21,23,38H2,1-2H3;1H/t27-,31-;/m0./s1. The van der Waals surface area contributed by atoms with Gasteiger partial charge >= 0.3 is 0 Å². The van der Waals surface area contributed by atoms with E-state index in [1.165, 1.54) is 11.6 Å². The molecule has 244 valence electrons. The first-order valence-corrected chi connectivity index (χ1v) is 16.5. The van der Waals surface area contributed by atoms with E-state index < -0.39 is 0 Å². The Morgan fingerprint density at radius 3 is 2.52 bits per heavy atom. The Morgan fingerprint density at radius 2 is 1.80 bits per heavy atom. The van der Waals surface area contributed by atoms with E-state index in [1.54, 1.807) is 0 Å². The van der Waals surface area contributed by atoms with Crippen molar-refractivity contribution in [1.29, 1.82) is 0 Å². The second-order valence-corrected chi connectivity index (χ2v) is 13.4. The molecule has 1 saturated carbocycles. The van der Waals surface area contributed by atoms with Gasteiger partial charge < -0.3 is 20.1 Å². The van der Waals surface area contributed by atoms with Gasteiger partial charge in [0.15, 0.2) is 5.43 Å². The summed E-state index contributed by atoms with van der Waals surface area (Å²) in [4.78, 5) is 30.1. The van der Waals surface area contributed by atoms with Crippen LogP contribution in [-0.2, 0) is 13.1 Å². The molecule has 3 fully saturated rings. The molecule has 1 aliphatic carbocycles. The summed E-state index contributed by atoms with van der Waals surface area (Å²) >= 11 is 0. The molecule has 3 aromatic heterocycles. The van der Waals surface area contributed by atoms with Gasteiger partial charge in [-0.3, -0.25) is 19.7 Å². The third-order valence-electron chi connectivity index (χ3n) is 9.97. The minimum absolute atomic E-state index is 0. The quantitative estimate of drug-likeness (QED) is 0.248. The molecule has 2 N–H and O–H groups in total. The Morgan fingerprint density at radius 1 is 0.957 bits per heavy atom. The zero-order valence-electron chi connectivity index (χ0n) is 26.9. The van der Waals surface area contributed by atoms with Gasteiger partial charge in [-0.2, -0.15) is 0 Å². The molecule has 0 radical (unpaired) electrons. The van der Waals surface area contributed by atoms with Crippen molar-refractivity contribution in [3.05, 3.63) is 93.5 Å². The molecule has 3 aliphatic rings. The number of aryl methyl sites for hydroxylation is 2. The number of nitrogens with two attached hydrogens (primary N) is 1. The van der Waals surface area contributed by atoms with Crippen LogP contribution in [0.2, 0.25) is 0 Å². The molecule has 7 rings (SSSR count). The number of halogens is 2. The second kappa shape index (κ2) is 13.7. The number of pyridine rings is 3. The van der Waals surface area contributed by atoms with Crippen molar-refractivity contribution in [2.45, 2.75) is 71.1 Å². The summed E-state index contributed by atoms with van der Waals surface area (Å²) < 4.78 is 18.0. The number of hydrogen-bond donors (Lipinski definition) is 1. The lowest BCUT2D eigenvalue weighted by molar-refractivity contribution is 0.158. The van der Waals surface area contributed by atoms with Gasteiger partial charge in [0.2, 0.25) is 0 Å². The SMILES string of the molecule is Cc1ccc(N2CCC[C@H](N(Cc3ccnc(C)c3)Cc3cn(C4CC4)c4cc(N5CC[C@@H](CN)C5)c(F)cc4c3=O)C2)cn1.Cl. The molecule has 5 heterocycles. The summed E-state index contributed by atoms with van der Waals surface area (Å²) in [5.41, 5.74) is 12.3. The average molecular weight is 646 g/mol. The van der Waals surface area contributed by atoms with E-state index in [0.29, 0.717) is 42.7 Å². The normalized spacial score (nSPS) is 20.0. The van der Waals surface area contributed by atoms with Gasteiger partial charge in [-0.25, -0.2) is 4.39 Å². The Bertz CT molecular complexity index is 1740. The number of aromatic nitrogens is 3. The molecule has 2 saturated heterocycles.